The lowest BCUT2D eigenvalue weighted by Gasteiger charge is -2.44. The second kappa shape index (κ2) is 30.2. The van der Waals surface area contributed by atoms with E-state index < -0.39 is 0 Å². The quantitative estimate of drug-likeness (QED) is 0.0510. The van der Waals surface area contributed by atoms with Crippen LogP contribution in [0.2, 0.25) is 10.0 Å². The van der Waals surface area contributed by atoms with Gasteiger partial charge in [0.1, 0.15) is 11.5 Å². The van der Waals surface area contributed by atoms with Crippen molar-refractivity contribution in [1.82, 2.24) is 19.9 Å². The van der Waals surface area contributed by atoms with Gasteiger partial charge in [0.05, 0.1) is 49.9 Å². The third-order valence-electron chi connectivity index (χ3n) is 22.6. The summed E-state index contributed by atoms with van der Waals surface area (Å²) in [6.45, 7) is 8.66. The van der Waals surface area contributed by atoms with Gasteiger partial charge in [-0.1, -0.05) is 97.7 Å². The first kappa shape index (κ1) is 67.8. The van der Waals surface area contributed by atoms with Gasteiger partial charge in [-0.2, -0.15) is 0 Å². The molecule has 6 aliphatic carbocycles. The number of allylic oxidation sites excluding steroid dienone is 4. The molecule has 12 atom stereocenters. The number of nitrogens with zero attached hydrogens (tertiary/aromatic N) is 6. The molecule has 2 aliphatic heterocycles. The zero-order valence-electron chi connectivity index (χ0n) is 55.6. The molecule has 0 amide bonds. The van der Waals surface area contributed by atoms with Crippen LogP contribution in [0.1, 0.15) is 147 Å². The summed E-state index contributed by atoms with van der Waals surface area (Å²) in [6.07, 6.45) is 32.1. The van der Waals surface area contributed by atoms with Crippen molar-refractivity contribution >= 4 is 81.6 Å². The maximum atomic E-state index is 13.8. The first-order valence-corrected chi connectivity index (χ1v) is 37.3. The Bertz CT molecular complexity index is 3620. The fourth-order valence-electron chi connectivity index (χ4n) is 16.8. The van der Waals surface area contributed by atoms with Gasteiger partial charge in [-0.25, -0.2) is 29.5 Å². The first-order chi connectivity index (χ1) is 46.7. The van der Waals surface area contributed by atoms with Crippen molar-refractivity contribution in [2.24, 2.45) is 47.3 Å². The number of carbonyl (C=O) groups is 4. The number of thioether (sulfide) groups is 2. The highest BCUT2D eigenvalue weighted by Crippen LogP contribution is 2.50. The number of rotatable bonds is 16. The summed E-state index contributed by atoms with van der Waals surface area (Å²) in [5.41, 5.74) is 7.51. The zero-order valence-corrected chi connectivity index (χ0v) is 58.7. The van der Waals surface area contributed by atoms with E-state index in [-0.39, 0.29) is 58.0 Å². The number of ether oxygens (including phenoxy) is 4. The van der Waals surface area contributed by atoms with Crippen LogP contribution >= 0.6 is 46.7 Å². The van der Waals surface area contributed by atoms with Crippen LogP contribution in [0.25, 0.3) is 0 Å². The number of halogens is 2. The van der Waals surface area contributed by atoms with E-state index in [9.17, 15) is 19.2 Å². The number of anilines is 2. The van der Waals surface area contributed by atoms with Gasteiger partial charge < -0.3 is 28.7 Å². The maximum Gasteiger partial charge on any atom is 0.337 e. The van der Waals surface area contributed by atoms with Gasteiger partial charge in [0.2, 0.25) is 0 Å². The summed E-state index contributed by atoms with van der Waals surface area (Å²) < 4.78 is 23.3. The average Bonchev–Trinajstić information content (AvgIpc) is 1.49. The Labute approximate surface area is 583 Å². The van der Waals surface area contributed by atoms with Crippen molar-refractivity contribution in [2.75, 3.05) is 63.4 Å². The molecule has 0 N–H and O–H groups in total. The molecule has 504 valence electrons. The van der Waals surface area contributed by atoms with Crippen LogP contribution in [0.5, 0.6) is 11.5 Å². The third-order valence-corrected chi connectivity index (χ3v) is 25.8. The number of aryl methyl sites for hydroxylation is 2. The van der Waals surface area contributed by atoms with E-state index in [1.807, 2.05) is 60.7 Å². The molecule has 0 bridgehead atoms. The number of methoxy groups -OCH3 is 2. The van der Waals surface area contributed by atoms with Crippen LogP contribution in [-0.4, -0.2) is 108 Å². The molecule has 4 saturated carbocycles. The van der Waals surface area contributed by atoms with E-state index in [4.69, 9.17) is 42.1 Å². The van der Waals surface area contributed by atoms with Crippen LogP contribution in [0.4, 0.5) is 11.4 Å². The van der Waals surface area contributed by atoms with E-state index in [0.717, 1.165) is 172 Å². The van der Waals surface area contributed by atoms with Crippen molar-refractivity contribution in [3.05, 3.63) is 177 Å². The van der Waals surface area contributed by atoms with Crippen LogP contribution in [0.15, 0.2) is 144 Å². The smallest absolute Gasteiger partial charge is 0.337 e. The average molecular weight is 1370 g/mol. The van der Waals surface area contributed by atoms with Crippen LogP contribution in [0.3, 0.4) is 0 Å². The molecule has 18 heteroatoms. The first-order valence-electron chi connectivity index (χ1n) is 34.8. The minimum Gasteiger partial charge on any atom is -0.490 e. The van der Waals surface area contributed by atoms with Crippen molar-refractivity contribution < 1.29 is 38.1 Å². The molecule has 96 heavy (non-hydrogen) atoms. The van der Waals surface area contributed by atoms with E-state index in [2.05, 4.69) is 80.0 Å². The molecule has 14 rings (SSSR count). The summed E-state index contributed by atoms with van der Waals surface area (Å²) in [6, 6.07) is 27.4. The summed E-state index contributed by atoms with van der Waals surface area (Å²) in [4.78, 5) is 75.2. The summed E-state index contributed by atoms with van der Waals surface area (Å²) in [5, 5.41) is 4.05. The summed E-state index contributed by atoms with van der Waals surface area (Å²) in [5.74, 6) is 3.32. The molecular weight excluding hydrogens is 1280 g/mol. The Morgan fingerprint density at radius 3 is 1.38 bits per heavy atom. The number of aromatic nitrogens is 4. The van der Waals surface area contributed by atoms with Gasteiger partial charge in [0, 0.05) is 94.2 Å². The van der Waals surface area contributed by atoms with E-state index in [1.54, 1.807) is 60.4 Å². The number of fused-ring (bicyclic) bond motifs is 6. The van der Waals surface area contributed by atoms with Gasteiger partial charge in [0.25, 0.3) is 0 Å². The molecule has 14 nitrogen and oxygen atoms in total. The molecule has 0 unspecified atom stereocenters. The van der Waals surface area contributed by atoms with Gasteiger partial charge in [-0.15, -0.1) is 0 Å². The van der Waals surface area contributed by atoms with Crippen LogP contribution in [0, 0.1) is 47.3 Å². The third kappa shape index (κ3) is 14.8. The molecule has 2 spiro atoms. The normalized spacial score (nSPS) is 28.1. The Kier molecular flexibility index (Phi) is 21.3. The van der Waals surface area contributed by atoms with Gasteiger partial charge >= 0.3 is 11.9 Å². The van der Waals surface area contributed by atoms with Crippen molar-refractivity contribution in [3.8, 4) is 11.5 Å². The molecule has 0 radical (unpaired) electrons. The van der Waals surface area contributed by atoms with Gasteiger partial charge in [-0.3, -0.25) is 9.59 Å². The van der Waals surface area contributed by atoms with E-state index >= 15 is 0 Å². The largest absolute Gasteiger partial charge is 0.490 e. The number of hydrogen-bond donors (Lipinski definition) is 0. The molecule has 4 heterocycles. The minimum atomic E-state index is -0.370. The highest BCUT2D eigenvalue weighted by Gasteiger charge is 2.47. The van der Waals surface area contributed by atoms with Crippen LogP contribution < -0.4 is 19.3 Å². The predicted octanol–water partition coefficient (Wildman–Crippen LogP) is 16.3. The topological polar surface area (TPSA) is 163 Å². The highest BCUT2D eigenvalue weighted by atomic mass is 35.5. The van der Waals surface area contributed by atoms with Gasteiger partial charge in [0.15, 0.2) is 21.9 Å². The van der Waals surface area contributed by atoms with Crippen LogP contribution in [-0.2, 0) is 42.7 Å². The molecule has 4 fully saturated rings. The molecule has 6 aromatic rings. The Morgan fingerprint density at radius 2 is 0.979 bits per heavy atom. The second-order valence-corrected chi connectivity index (χ2v) is 31.5. The monoisotopic (exact) mass is 1370 g/mol. The number of carbonyl (C=O) groups excluding carboxylic acids is 4. The van der Waals surface area contributed by atoms with E-state index in [1.165, 1.54) is 36.5 Å². The van der Waals surface area contributed by atoms with E-state index in [0.29, 0.717) is 58.5 Å². The molecular formula is C78H88Cl2N6O8S2. The fourth-order valence-corrected chi connectivity index (χ4v) is 19.7. The maximum absolute atomic E-state index is 13.8. The van der Waals surface area contributed by atoms with Crippen molar-refractivity contribution in [2.45, 2.75) is 148 Å². The lowest BCUT2D eigenvalue weighted by molar-refractivity contribution is -0.123. The number of esters is 2. The molecule has 8 aliphatic rings. The molecule has 2 aromatic heterocycles. The predicted molar refractivity (Wildman–Crippen MR) is 380 cm³/mol. The zero-order chi connectivity index (χ0) is 66.5. The van der Waals surface area contributed by atoms with Gasteiger partial charge in [-0.05, 0) is 233 Å². The lowest BCUT2D eigenvalue weighted by Crippen LogP contribution is -2.49. The lowest BCUT2D eigenvalue weighted by atomic mass is 9.68. The number of hydrogen-bond acceptors (Lipinski definition) is 16. The fraction of sp³-hybridized carbons (Fsp3) is 0.487. The number of ketones is 2. The Hall–Kier alpha value is -6.72. The second-order valence-electron chi connectivity index (χ2n) is 28.3. The van der Waals surface area contributed by atoms with Crippen molar-refractivity contribution in [1.29, 1.82) is 0 Å². The Balaban J connectivity index is 0.000000174. The molecule has 4 aromatic carbocycles. The summed E-state index contributed by atoms with van der Waals surface area (Å²) >= 11 is 16.4. The minimum absolute atomic E-state index is 0.00662. The highest BCUT2D eigenvalue weighted by molar-refractivity contribution is 8.00. The summed E-state index contributed by atoms with van der Waals surface area (Å²) in [7, 11) is 2.81. The number of benzene rings is 4. The molecule has 0 saturated heterocycles. The Morgan fingerprint density at radius 1 is 0.552 bits per heavy atom. The van der Waals surface area contributed by atoms with Crippen molar-refractivity contribution in [3.63, 3.8) is 0 Å². The SMILES string of the molecule is COC(=O)c1ccc2c(c1)N(C[C@@H]1CC[C@H]1C(=O)/C=C/[C@@H]1CCC[C@@H](Sc3ncccn3)[C@H]1C)C[C@@]1(CCCc3cc(Cl)ccc31)CO2.COC(=O)c1ccc2c(c1)N(C[C@@H]1CC[C@H]1C(=O)/C=C/[C@H]1CCC[C@H](Sc3ncccn3)[C@@H]1C)C[C@@]1(CCCc3cc(Cl)ccc31)CO2. The standard InChI is InChI=1S/2C39H44ClN3O4S/c2*1-25-26(6-3-8-36(25)48-38-41-18-5-19-42-38)10-15-34(44)31-13-9-29(31)22-43-23-39(17-4-7-27-20-30(40)12-14-32(27)39)24-47-35-16-11-28(21-33(35)43)37(45)46-2/h2*5,10-12,14-16,18-21,25-26,29,31,36H,3-4,6-9,13,17,22-24H2,1-2H3/b2*15-10+/t25-,26-,29+,31-,36+,39+;25-,26-,29-,31+,36+,39-/m10/s1.